The monoisotopic (exact) mass is 401 g/mol. The number of carbonyl (C=O) groups excluding carboxylic acids is 2. The van der Waals surface area contributed by atoms with Gasteiger partial charge in [-0.3, -0.25) is 9.59 Å². The second kappa shape index (κ2) is 7.44. The summed E-state index contributed by atoms with van der Waals surface area (Å²) in [6, 6.07) is 11.5. The lowest BCUT2D eigenvalue weighted by molar-refractivity contribution is -0.113. The van der Waals surface area contributed by atoms with E-state index in [9.17, 15) is 9.59 Å². The minimum atomic E-state index is -0.0254. The third-order valence-electron chi connectivity index (χ3n) is 4.94. The quantitative estimate of drug-likeness (QED) is 0.834. The zero-order valence-electron chi connectivity index (χ0n) is 15.0. The number of halogens is 1. The first-order valence-electron chi connectivity index (χ1n) is 8.88. The fourth-order valence-corrected chi connectivity index (χ4v) is 4.43. The van der Waals surface area contributed by atoms with E-state index in [0.717, 1.165) is 34.4 Å². The molecule has 0 radical (unpaired) electrons. The third kappa shape index (κ3) is 3.77. The Labute approximate surface area is 167 Å². The molecule has 0 saturated carbocycles. The van der Waals surface area contributed by atoms with Crippen molar-refractivity contribution in [3.63, 3.8) is 0 Å². The van der Waals surface area contributed by atoms with Crippen LogP contribution in [0.4, 0.5) is 11.4 Å². The van der Waals surface area contributed by atoms with E-state index in [1.807, 2.05) is 35.2 Å². The average Bonchev–Trinajstić information content (AvgIpc) is 2.69. The number of hydrogen-bond acceptors (Lipinski definition) is 4. The molecule has 0 aliphatic carbocycles. The molecule has 2 aliphatic rings. The Morgan fingerprint density at radius 1 is 1.11 bits per heavy atom. The van der Waals surface area contributed by atoms with Crippen molar-refractivity contribution in [2.24, 2.45) is 0 Å². The average molecular weight is 402 g/mol. The highest BCUT2D eigenvalue weighted by atomic mass is 35.5. The molecule has 140 valence electrons. The van der Waals surface area contributed by atoms with E-state index in [2.05, 4.69) is 17.1 Å². The highest BCUT2D eigenvalue weighted by Gasteiger charge is 2.24. The van der Waals surface area contributed by atoms with Gasteiger partial charge in [0.15, 0.2) is 0 Å². The number of amides is 2. The van der Waals surface area contributed by atoms with Gasteiger partial charge in [0.25, 0.3) is 5.91 Å². The van der Waals surface area contributed by atoms with Gasteiger partial charge >= 0.3 is 0 Å². The molecule has 5 nitrogen and oxygen atoms in total. The summed E-state index contributed by atoms with van der Waals surface area (Å²) in [5, 5.41) is 3.57. The van der Waals surface area contributed by atoms with Crippen LogP contribution in [0.15, 0.2) is 41.3 Å². The molecule has 0 atom stereocenters. The van der Waals surface area contributed by atoms with Crippen LogP contribution in [0, 0.1) is 6.92 Å². The van der Waals surface area contributed by atoms with Gasteiger partial charge in [-0.2, -0.15) is 0 Å². The van der Waals surface area contributed by atoms with Crippen molar-refractivity contribution in [1.82, 2.24) is 4.90 Å². The van der Waals surface area contributed by atoms with E-state index in [0.29, 0.717) is 24.4 Å². The molecule has 0 spiro atoms. The number of carbonyl (C=O) groups is 2. The van der Waals surface area contributed by atoms with Crippen LogP contribution in [0.5, 0.6) is 0 Å². The summed E-state index contributed by atoms with van der Waals surface area (Å²) in [5.41, 5.74) is 3.66. The second-order valence-electron chi connectivity index (χ2n) is 6.76. The van der Waals surface area contributed by atoms with Gasteiger partial charge in [-0.05, 0) is 42.8 Å². The molecule has 0 bridgehead atoms. The van der Waals surface area contributed by atoms with E-state index >= 15 is 0 Å². The maximum absolute atomic E-state index is 12.9. The van der Waals surface area contributed by atoms with E-state index in [4.69, 9.17) is 11.6 Å². The largest absolute Gasteiger partial charge is 0.368 e. The summed E-state index contributed by atoms with van der Waals surface area (Å²) in [7, 11) is 0. The van der Waals surface area contributed by atoms with Crippen molar-refractivity contribution >= 4 is 46.6 Å². The van der Waals surface area contributed by atoms with Crippen LogP contribution >= 0.6 is 23.4 Å². The van der Waals surface area contributed by atoms with Crippen LogP contribution in [-0.4, -0.2) is 48.6 Å². The first-order chi connectivity index (χ1) is 13.0. The molecule has 2 heterocycles. The van der Waals surface area contributed by atoms with Gasteiger partial charge in [-0.25, -0.2) is 0 Å². The molecule has 2 aromatic rings. The number of nitrogens with zero attached hydrogens (tertiary/aromatic N) is 2. The number of aryl methyl sites for hydroxylation is 1. The highest BCUT2D eigenvalue weighted by molar-refractivity contribution is 8.00. The Morgan fingerprint density at radius 3 is 2.67 bits per heavy atom. The summed E-state index contributed by atoms with van der Waals surface area (Å²) in [5.74, 6) is 0.401. The molecule has 2 amide bonds. The van der Waals surface area contributed by atoms with E-state index in [1.54, 1.807) is 6.07 Å². The number of anilines is 2. The lowest BCUT2D eigenvalue weighted by Crippen LogP contribution is -2.49. The molecule has 1 fully saturated rings. The first-order valence-corrected chi connectivity index (χ1v) is 10.2. The second-order valence-corrected chi connectivity index (χ2v) is 8.21. The molecule has 0 aromatic heterocycles. The molecular formula is C20H20ClN3O2S. The van der Waals surface area contributed by atoms with Gasteiger partial charge in [-0.15, -0.1) is 11.8 Å². The zero-order valence-corrected chi connectivity index (χ0v) is 16.6. The lowest BCUT2D eigenvalue weighted by Gasteiger charge is -2.37. The third-order valence-corrected chi connectivity index (χ3v) is 6.25. The number of nitrogens with one attached hydrogen (secondary N) is 1. The summed E-state index contributed by atoms with van der Waals surface area (Å²) < 4.78 is 0. The maximum atomic E-state index is 12.9. The molecule has 7 heteroatoms. The first kappa shape index (κ1) is 18.2. The van der Waals surface area contributed by atoms with Gasteiger partial charge in [0.1, 0.15) is 0 Å². The minimum Gasteiger partial charge on any atom is -0.368 e. The molecule has 1 saturated heterocycles. The normalized spacial score (nSPS) is 16.7. The Balaban J connectivity index is 1.45. The number of thioether (sulfide) groups is 1. The van der Waals surface area contributed by atoms with Crippen molar-refractivity contribution < 1.29 is 9.59 Å². The molecule has 0 unspecified atom stereocenters. The van der Waals surface area contributed by atoms with Crippen LogP contribution < -0.4 is 10.2 Å². The topological polar surface area (TPSA) is 52.6 Å². The van der Waals surface area contributed by atoms with Gasteiger partial charge in [-0.1, -0.05) is 17.7 Å². The van der Waals surface area contributed by atoms with Crippen LogP contribution in [-0.2, 0) is 4.79 Å². The predicted molar refractivity (Wildman–Crippen MR) is 110 cm³/mol. The molecule has 4 rings (SSSR count). The van der Waals surface area contributed by atoms with E-state index < -0.39 is 0 Å². The molecule has 27 heavy (non-hydrogen) atoms. The summed E-state index contributed by atoms with van der Waals surface area (Å²) in [4.78, 5) is 29.6. The predicted octanol–water partition coefficient (Wildman–Crippen LogP) is 3.66. The fraction of sp³-hybridized carbons (Fsp3) is 0.300. The van der Waals surface area contributed by atoms with Crippen molar-refractivity contribution in [1.29, 1.82) is 0 Å². The summed E-state index contributed by atoms with van der Waals surface area (Å²) >= 11 is 7.64. The Morgan fingerprint density at radius 2 is 1.89 bits per heavy atom. The van der Waals surface area contributed by atoms with Gasteiger partial charge in [0.05, 0.1) is 11.4 Å². The Kier molecular flexibility index (Phi) is 5.02. The molecule has 1 N–H and O–H groups in total. The van der Waals surface area contributed by atoms with Gasteiger partial charge in [0, 0.05) is 47.3 Å². The highest BCUT2D eigenvalue weighted by Crippen LogP contribution is 2.32. The smallest absolute Gasteiger partial charge is 0.254 e. The number of hydrogen-bond donors (Lipinski definition) is 1. The number of rotatable bonds is 2. The van der Waals surface area contributed by atoms with Crippen molar-refractivity contribution in [2.75, 3.05) is 42.1 Å². The summed E-state index contributed by atoms with van der Waals surface area (Å²) in [6.45, 7) is 4.92. The fourth-order valence-electron chi connectivity index (χ4n) is 3.47. The Hall–Kier alpha value is -2.18. The molecular weight excluding hydrogens is 382 g/mol. The number of fused-ring (bicyclic) bond motifs is 1. The van der Waals surface area contributed by atoms with Crippen LogP contribution in [0.25, 0.3) is 0 Å². The van der Waals surface area contributed by atoms with E-state index in [-0.39, 0.29) is 11.8 Å². The SMILES string of the molecule is Cc1ccc(Cl)cc1N1CCN(C(=O)c2ccc3c(c2)NC(=O)CS3)CC1. The Bertz CT molecular complexity index is 910. The maximum Gasteiger partial charge on any atom is 0.254 e. The van der Waals surface area contributed by atoms with Crippen LogP contribution in [0.3, 0.4) is 0 Å². The zero-order chi connectivity index (χ0) is 19.0. The van der Waals surface area contributed by atoms with E-state index in [1.165, 1.54) is 17.3 Å². The minimum absolute atomic E-state index is 0.00471. The van der Waals surface area contributed by atoms with Crippen molar-refractivity contribution in [2.45, 2.75) is 11.8 Å². The van der Waals surface area contributed by atoms with Gasteiger partial charge < -0.3 is 15.1 Å². The standard InChI is InChI=1S/C20H20ClN3O2S/c1-13-2-4-15(21)11-17(13)23-6-8-24(9-7-23)20(26)14-3-5-18-16(10-14)22-19(25)12-27-18/h2-5,10-11H,6-9,12H2,1H3,(H,22,25). The summed E-state index contributed by atoms with van der Waals surface area (Å²) in [6.07, 6.45) is 0. The number of piperazine rings is 1. The van der Waals surface area contributed by atoms with Crippen molar-refractivity contribution in [3.05, 3.63) is 52.5 Å². The molecule has 2 aromatic carbocycles. The lowest BCUT2D eigenvalue weighted by atomic mass is 10.1. The molecule has 2 aliphatic heterocycles. The van der Waals surface area contributed by atoms with Crippen molar-refractivity contribution in [3.8, 4) is 0 Å². The number of benzene rings is 2. The van der Waals surface area contributed by atoms with Gasteiger partial charge in [0.2, 0.25) is 5.91 Å². The van der Waals surface area contributed by atoms with Crippen LogP contribution in [0.1, 0.15) is 15.9 Å². The van der Waals surface area contributed by atoms with Crippen LogP contribution in [0.2, 0.25) is 5.02 Å².